The first-order chi connectivity index (χ1) is 10.5. The Labute approximate surface area is 136 Å². The smallest absolute Gasteiger partial charge is 0.288 e. The molecule has 22 heavy (non-hydrogen) atoms. The van der Waals surface area contributed by atoms with Crippen LogP contribution in [0, 0.1) is 16.0 Å². The molecule has 0 unspecified atom stereocenters. The minimum Gasteiger partial charge on any atom is -0.314 e. The first-order valence-electron chi connectivity index (χ1n) is 7.87. The lowest BCUT2D eigenvalue weighted by Crippen LogP contribution is -2.45. The number of benzene rings is 1. The van der Waals surface area contributed by atoms with Crippen molar-refractivity contribution < 1.29 is 4.92 Å². The lowest BCUT2D eigenvalue weighted by atomic mass is 9.95. The molecular formula is C16H24ClN3O2. The number of nitro benzene ring substituents is 1. The molecule has 1 aliphatic heterocycles. The van der Waals surface area contributed by atoms with Gasteiger partial charge in [-0.25, -0.2) is 0 Å². The van der Waals surface area contributed by atoms with E-state index in [1.165, 1.54) is 0 Å². The Hall–Kier alpha value is -1.17. The molecule has 5 nitrogen and oxygen atoms in total. The fraction of sp³-hybridized carbons (Fsp3) is 0.625. The van der Waals surface area contributed by atoms with Crippen molar-refractivity contribution in [2.24, 2.45) is 5.92 Å². The molecule has 0 radical (unpaired) electrons. The van der Waals surface area contributed by atoms with Crippen LogP contribution in [0.15, 0.2) is 18.2 Å². The highest BCUT2D eigenvalue weighted by atomic mass is 35.5. The van der Waals surface area contributed by atoms with Crippen LogP contribution < -0.4 is 5.32 Å². The third kappa shape index (κ3) is 4.41. The molecule has 2 rings (SSSR count). The fourth-order valence-electron chi connectivity index (χ4n) is 2.92. The van der Waals surface area contributed by atoms with Crippen LogP contribution in [0.2, 0.25) is 5.02 Å². The zero-order valence-electron chi connectivity index (χ0n) is 13.2. The van der Waals surface area contributed by atoms with Gasteiger partial charge in [0.05, 0.1) is 4.92 Å². The first-order valence-corrected chi connectivity index (χ1v) is 8.25. The van der Waals surface area contributed by atoms with E-state index < -0.39 is 4.92 Å². The van der Waals surface area contributed by atoms with Crippen LogP contribution in [-0.4, -0.2) is 36.0 Å². The maximum absolute atomic E-state index is 11.1. The number of hydrogen-bond acceptors (Lipinski definition) is 4. The summed E-state index contributed by atoms with van der Waals surface area (Å²) in [7, 11) is 0. The van der Waals surface area contributed by atoms with Crippen LogP contribution in [0.4, 0.5) is 5.69 Å². The molecule has 1 saturated heterocycles. The normalized spacial score (nSPS) is 17.6. The molecule has 0 aromatic heterocycles. The number of rotatable bonds is 6. The summed E-state index contributed by atoms with van der Waals surface area (Å²) in [6, 6.07) is 5.46. The van der Waals surface area contributed by atoms with Gasteiger partial charge in [0.2, 0.25) is 0 Å². The van der Waals surface area contributed by atoms with Gasteiger partial charge in [-0.05, 0) is 30.4 Å². The van der Waals surface area contributed by atoms with Crippen molar-refractivity contribution in [1.29, 1.82) is 0 Å². The summed E-state index contributed by atoms with van der Waals surface area (Å²) in [5.74, 6) is 0.618. The molecule has 1 aromatic rings. The third-order valence-corrected chi connectivity index (χ3v) is 4.48. The lowest BCUT2D eigenvalue weighted by molar-refractivity contribution is -0.384. The number of piperazine rings is 1. The summed E-state index contributed by atoms with van der Waals surface area (Å²) in [5.41, 5.74) is 1.00. The largest absolute Gasteiger partial charge is 0.314 e. The Bertz CT molecular complexity index is 516. The number of nitrogens with zero attached hydrogens (tertiary/aromatic N) is 2. The van der Waals surface area contributed by atoms with E-state index >= 15 is 0 Å². The molecule has 0 bridgehead atoms. The highest BCUT2D eigenvalue weighted by molar-refractivity contribution is 6.32. The molecule has 6 heteroatoms. The minimum absolute atomic E-state index is 0.00356. The standard InChI is InChI=1S/C16H24ClN3O2/c1-12(2)3-6-15(19-9-7-18-8-10-19)13-4-5-14(17)16(11-13)20(21)22/h4-5,11-12,15,18H,3,6-10H2,1-2H3/t15-/m1/s1. The molecule has 1 aliphatic rings. The van der Waals surface area contributed by atoms with E-state index in [1.807, 2.05) is 6.07 Å². The Morgan fingerprint density at radius 3 is 2.59 bits per heavy atom. The summed E-state index contributed by atoms with van der Waals surface area (Å²) < 4.78 is 0. The van der Waals surface area contributed by atoms with Crippen molar-refractivity contribution >= 4 is 17.3 Å². The van der Waals surface area contributed by atoms with Gasteiger partial charge in [0.1, 0.15) is 5.02 Å². The van der Waals surface area contributed by atoms with Gasteiger partial charge >= 0.3 is 0 Å². The molecule has 122 valence electrons. The van der Waals surface area contributed by atoms with Crippen LogP contribution in [0.5, 0.6) is 0 Å². The third-order valence-electron chi connectivity index (χ3n) is 4.16. The second kappa shape index (κ2) is 7.90. The summed E-state index contributed by atoms with van der Waals surface area (Å²) in [4.78, 5) is 13.2. The van der Waals surface area contributed by atoms with Gasteiger partial charge in [0.25, 0.3) is 5.69 Å². The van der Waals surface area contributed by atoms with Crippen LogP contribution in [-0.2, 0) is 0 Å². The number of hydrogen-bond donors (Lipinski definition) is 1. The Kier molecular flexibility index (Phi) is 6.17. The van der Waals surface area contributed by atoms with Crippen molar-refractivity contribution in [2.45, 2.75) is 32.7 Å². The Morgan fingerprint density at radius 2 is 2.00 bits per heavy atom. The average molecular weight is 326 g/mol. The summed E-state index contributed by atoms with van der Waals surface area (Å²) in [5, 5.41) is 14.7. The quantitative estimate of drug-likeness (QED) is 0.641. The van der Waals surface area contributed by atoms with Crippen LogP contribution in [0.1, 0.15) is 38.3 Å². The topological polar surface area (TPSA) is 58.4 Å². The second-order valence-corrected chi connectivity index (χ2v) is 6.65. The van der Waals surface area contributed by atoms with Gasteiger partial charge in [-0.2, -0.15) is 0 Å². The zero-order chi connectivity index (χ0) is 16.1. The highest BCUT2D eigenvalue weighted by Gasteiger charge is 2.24. The highest BCUT2D eigenvalue weighted by Crippen LogP contribution is 2.33. The summed E-state index contributed by atoms with van der Waals surface area (Å²) in [6.45, 7) is 8.29. The van der Waals surface area contributed by atoms with Crippen LogP contribution in [0.3, 0.4) is 0 Å². The number of halogens is 1. The maximum Gasteiger partial charge on any atom is 0.288 e. The van der Waals surface area contributed by atoms with E-state index in [0.29, 0.717) is 5.92 Å². The van der Waals surface area contributed by atoms with Gasteiger partial charge in [-0.3, -0.25) is 15.0 Å². The van der Waals surface area contributed by atoms with Crippen LogP contribution >= 0.6 is 11.6 Å². The molecule has 0 aliphatic carbocycles. The molecule has 1 atom stereocenters. The molecule has 0 saturated carbocycles. The van der Waals surface area contributed by atoms with Gasteiger partial charge < -0.3 is 5.32 Å². The summed E-state index contributed by atoms with van der Waals surface area (Å²) in [6.07, 6.45) is 2.11. The van der Waals surface area contributed by atoms with E-state index in [4.69, 9.17) is 11.6 Å². The van der Waals surface area contributed by atoms with Gasteiger partial charge in [0.15, 0.2) is 0 Å². The Balaban J connectivity index is 2.26. The van der Waals surface area contributed by atoms with Crippen molar-refractivity contribution in [3.8, 4) is 0 Å². The van der Waals surface area contributed by atoms with E-state index in [-0.39, 0.29) is 16.8 Å². The monoisotopic (exact) mass is 325 g/mol. The SMILES string of the molecule is CC(C)CC[C@H](c1ccc(Cl)c([N+](=O)[O-])c1)N1CCNCC1. The van der Waals surface area contributed by atoms with Crippen molar-refractivity contribution in [3.63, 3.8) is 0 Å². The van der Waals surface area contributed by atoms with Gasteiger partial charge in [-0.15, -0.1) is 0 Å². The molecule has 1 fully saturated rings. The van der Waals surface area contributed by atoms with Crippen molar-refractivity contribution in [3.05, 3.63) is 38.9 Å². The van der Waals surface area contributed by atoms with Gasteiger partial charge in [-0.1, -0.05) is 31.5 Å². The van der Waals surface area contributed by atoms with E-state index in [2.05, 4.69) is 24.1 Å². The number of nitro groups is 1. The molecular weight excluding hydrogens is 302 g/mol. The maximum atomic E-state index is 11.1. The molecule has 1 heterocycles. The predicted octanol–water partition coefficient (Wildman–Crippen LogP) is 3.63. The lowest BCUT2D eigenvalue weighted by Gasteiger charge is -2.35. The van der Waals surface area contributed by atoms with E-state index in [1.54, 1.807) is 12.1 Å². The van der Waals surface area contributed by atoms with Gasteiger partial charge in [0, 0.05) is 38.3 Å². The fourth-order valence-corrected chi connectivity index (χ4v) is 3.11. The van der Waals surface area contributed by atoms with E-state index in [9.17, 15) is 10.1 Å². The minimum atomic E-state index is -0.400. The van der Waals surface area contributed by atoms with Crippen LogP contribution in [0.25, 0.3) is 0 Å². The predicted molar refractivity (Wildman–Crippen MR) is 89.4 cm³/mol. The zero-order valence-corrected chi connectivity index (χ0v) is 14.0. The molecule has 1 N–H and O–H groups in total. The first kappa shape index (κ1) is 17.2. The molecule has 0 spiro atoms. The average Bonchev–Trinajstić information content (AvgIpc) is 2.49. The number of nitrogens with one attached hydrogen (secondary N) is 1. The molecule has 0 amide bonds. The van der Waals surface area contributed by atoms with Crippen molar-refractivity contribution in [1.82, 2.24) is 10.2 Å². The van der Waals surface area contributed by atoms with E-state index in [0.717, 1.165) is 44.6 Å². The Morgan fingerprint density at radius 1 is 1.32 bits per heavy atom. The van der Waals surface area contributed by atoms with Crippen molar-refractivity contribution in [2.75, 3.05) is 26.2 Å². The second-order valence-electron chi connectivity index (χ2n) is 6.24. The summed E-state index contributed by atoms with van der Waals surface area (Å²) >= 11 is 5.94. The molecule has 1 aromatic carbocycles.